The first-order valence-corrected chi connectivity index (χ1v) is 8.31. The standard InChI is InChI=1S/C13H16N4O3S2/c1-7(2)5-8-10(11(19)15-6-9(18)17-20)16-13(22-8)12-14-3-4-21-12/h3-4,7,20H,5-6H2,1-2H3,(H,15,19)(H,17,18). The Bertz CT molecular complexity index is 652. The molecule has 0 unspecified atom stereocenters. The van der Waals surface area contributed by atoms with Gasteiger partial charge in [0, 0.05) is 16.5 Å². The van der Waals surface area contributed by atoms with Crippen LogP contribution in [0.3, 0.4) is 0 Å². The van der Waals surface area contributed by atoms with E-state index in [4.69, 9.17) is 5.21 Å². The highest BCUT2D eigenvalue weighted by molar-refractivity contribution is 7.20. The van der Waals surface area contributed by atoms with Crippen LogP contribution in [0.1, 0.15) is 29.2 Å². The van der Waals surface area contributed by atoms with E-state index in [1.54, 1.807) is 6.20 Å². The number of carbonyl (C=O) groups is 2. The summed E-state index contributed by atoms with van der Waals surface area (Å²) in [5.41, 5.74) is 1.78. The van der Waals surface area contributed by atoms with Crippen LogP contribution >= 0.6 is 22.7 Å². The lowest BCUT2D eigenvalue weighted by Gasteiger charge is -2.05. The minimum absolute atomic E-state index is 0.305. The van der Waals surface area contributed by atoms with Crippen LogP contribution in [0.5, 0.6) is 0 Å². The molecule has 2 heterocycles. The quantitative estimate of drug-likeness (QED) is 0.548. The summed E-state index contributed by atoms with van der Waals surface area (Å²) in [4.78, 5) is 32.6. The predicted molar refractivity (Wildman–Crippen MR) is 84.0 cm³/mol. The predicted octanol–water partition coefficient (Wildman–Crippen LogP) is 1.70. The van der Waals surface area contributed by atoms with Crippen LogP contribution in [0.4, 0.5) is 0 Å². The SMILES string of the molecule is CC(C)Cc1sc(-c2nccs2)nc1C(=O)NCC(=O)NO. The van der Waals surface area contributed by atoms with Crippen molar-refractivity contribution in [2.45, 2.75) is 20.3 Å². The van der Waals surface area contributed by atoms with E-state index in [9.17, 15) is 9.59 Å². The van der Waals surface area contributed by atoms with Gasteiger partial charge in [0.05, 0.1) is 6.54 Å². The van der Waals surface area contributed by atoms with Gasteiger partial charge in [-0.15, -0.1) is 22.7 Å². The number of hydroxylamine groups is 1. The van der Waals surface area contributed by atoms with Crippen molar-refractivity contribution in [1.29, 1.82) is 0 Å². The zero-order valence-corrected chi connectivity index (χ0v) is 13.8. The number of hydrogen-bond acceptors (Lipinski definition) is 7. The second-order valence-electron chi connectivity index (χ2n) is 4.94. The molecule has 0 saturated carbocycles. The van der Waals surface area contributed by atoms with E-state index in [0.29, 0.717) is 16.6 Å². The number of aromatic nitrogens is 2. The van der Waals surface area contributed by atoms with E-state index < -0.39 is 11.8 Å². The molecule has 2 rings (SSSR count). The van der Waals surface area contributed by atoms with E-state index in [0.717, 1.165) is 16.3 Å². The fourth-order valence-electron chi connectivity index (χ4n) is 1.74. The van der Waals surface area contributed by atoms with Crippen LogP contribution in [0.2, 0.25) is 0 Å². The maximum absolute atomic E-state index is 12.2. The third-order valence-electron chi connectivity index (χ3n) is 2.66. The molecule has 2 aromatic heterocycles. The van der Waals surface area contributed by atoms with E-state index >= 15 is 0 Å². The minimum Gasteiger partial charge on any atom is -0.342 e. The molecule has 3 N–H and O–H groups in total. The maximum atomic E-state index is 12.2. The Hall–Kier alpha value is -1.84. The lowest BCUT2D eigenvalue weighted by atomic mass is 10.1. The summed E-state index contributed by atoms with van der Waals surface area (Å²) in [6.07, 6.45) is 2.41. The van der Waals surface area contributed by atoms with Crippen LogP contribution in [0, 0.1) is 5.92 Å². The summed E-state index contributed by atoms with van der Waals surface area (Å²) in [5, 5.41) is 14.2. The fourth-order valence-corrected chi connectivity index (χ4v) is 3.69. The lowest BCUT2D eigenvalue weighted by Crippen LogP contribution is -2.35. The van der Waals surface area contributed by atoms with Gasteiger partial charge in [0.2, 0.25) is 0 Å². The van der Waals surface area contributed by atoms with E-state index in [-0.39, 0.29) is 6.54 Å². The first-order chi connectivity index (χ1) is 10.5. The summed E-state index contributed by atoms with van der Waals surface area (Å²) in [6.45, 7) is 3.81. The van der Waals surface area contributed by atoms with Gasteiger partial charge < -0.3 is 5.32 Å². The van der Waals surface area contributed by atoms with Gasteiger partial charge in [-0.2, -0.15) is 0 Å². The summed E-state index contributed by atoms with van der Waals surface area (Å²) in [7, 11) is 0. The van der Waals surface area contributed by atoms with Gasteiger partial charge in [-0.3, -0.25) is 14.8 Å². The Balaban J connectivity index is 2.23. The average Bonchev–Trinajstić information content (AvgIpc) is 3.12. The van der Waals surface area contributed by atoms with Crippen molar-refractivity contribution in [2.75, 3.05) is 6.54 Å². The van der Waals surface area contributed by atoms with E-state index in [2.05, 4.69) is 29.1 Å². The largest absolute Gasteiger partial charge is 0.342 e. The molecule has 2 aromatic rings. The highest BCUT2D eigenvalue weighted by Gasteiger charge is 2.21. The molecule has 0 fully saturated rings. The molecule has 0 aliphatic rings. The Morgan fingerprint density at radius 2 is 2.14 bits per heavy atom. The number of thiazole rings is 2. The molecule has 9 heteroatoms. The van der Waals surface area contributed by atoms with Crippen LogP contribution in [-0.4, -0.2) is 33.5 Å². The van der Waals surface area contributed by atoms with Crippen molar-refractivity contribution in [3.8, 4) is 10.0 Å². The highest BCUT2D eigenvalue weighted by Crippen LogP contribution is 2.31. The molecule has 0 aliphatic carbocycles. The molecule has 0 atom stereocenters. The van der Waals surface area contributed by atoms with Gasteiger partial charge in [-0.1, -0.05) is 13.8 Å². The Morgan fingerprint density at radius 3 is 2.73 bits per heavy atom. The van der Waals surface area contributed by atoms with Crippen molar-refractivity contribution < 1.29 is 14.8 Å². The van der Waals surface area contributed by atoms with Crippen LogP contribution in [0.15, 0.2) is 11.6 Å². The van der Waals surface area contributed by atoms with E-state index in [1.807, 2.05) is 5.38 Å². The Morgan fingerprint density at radius 1 is 1.36 bits per heavy atom. The summed E-state index contributed by atoms with van der Waals surface area (Å²) >= 11 is 2.90. The van der Waals surface area contributed by atoms with Crippen molar-refractivity contribution in [3.63, 3.8) is 0 Å². The molecule has 22 heavy (non-hydrogen) atoms. The van der Waals surface area contributed by atoms with E-state index in [1.165, 1.54) is 28.2 Å². The average molecular weight is 340 g/mol. The number of nitrogens with one attached hydrogen (secondary N) is 2. The minimum atomic E-state index is -0.686. The monoisotopic (exact) mass is 340 g/mol. The van der Waals surface area contributed by atoms with Crippen LogP contribution < -0.4 is 10.8 Å². The fraction of sp³-hybridized carbons (Fsp3) is 0.385. The van der Waals surface area contributed by atoms with Crippen LogP contribution in [0.25, 0.3) is 10.0 Å². The summed E-state index contributed by atoms with van der Waals surface area (Å²) in [5.74, 6) is -0.746. The van der Waals surface area contributed by atoms with Crippen molar-refractivity contribution >= 4 is 34.5 Å². The van der Waals surface area contributed by atoms with Gasteiger partial charge in [0.1, 0.15) is 5.69 Å². The third-order valence-corrected chi connectivity index (χ3v) is 4.65. The van der Waals surface area contributed by atoms with Crippen molar-refractivity contribution in [2.24, 2.45) is 5.92 Å². The van der Waals surface area contributed by atoms with Gasteiger partial charge in [-0.25, -0.2) is 15.4 Å². The zero-order valence-electron chi connectivity index (χ0n) is 12.1. The zero-order chi connectivity index (χ0) is 16.1. The summed E-state index contributed by atoms with van der Waals surface area (Å²) in [6, 6.07) is 0. The normalized spacial score (nSPS) is 10.7. The smallest absolute Gasteiger partial charge is 0.271 e. The molecule has 0 spiro atoms. The van der Waals surface area contributed by atoms with Crippen LogP contribution in [-0.2, 0) is 11.2 Å². The molecular weight excluding hydrogens is 324 g/mol. The number of hydrogen-bond donors (Lipinski definition) is 3. The number of rotatable bonds is 6. The molecule has 0 aliphatic heterocycles. The Labute approximate surface area is 135 Å². The molecular formula is C13H16N4O3S2. The molecule has 7 nitrogen and oxygen atoms in total. The molecule has 0 bridgehead atoms. The third kappa shape index (κ3) is 4.09. The van der Waals surface area contributed by atoms with Crippen molar-refractivity contribution in [3.05, 3.63) is 22.1 Å². The maximum Gasteiger partial charge on any atom is 0.271 e. The second-order valence-corrected chi connectivity index (χ2v) is 6.92. The van der Waals surface area contributed by atoms with Gasteiger partial charge in [0.15, 0.2) is 10.0 Å². The first-order valence-electron chi connectivity index (χ1n) is 6.62. The molecule has 0 aromatic carbocycles. The number of carbonyl (C=O) groups excluding carboxylic acids is 2. The molecule has 0 radical (unpaired) electrons. The number of amides is 2. The highest BCUT2D eigenvalue weighted by atomic mass is 32.1. The topological polar surface area (TPSA) is 104 Å². The summed E-state index contributed by atoms with van der Waals surface area (Å²) < 4.78 is 0. The molecule has 2 amide bonds. The van der Waals surface area contributed by atoms with Crippen molar-refractivity contribution in [1.82, 2.24) is 20.8 Å². The van der Waals surface area contributed by atoms with Gasteiger partial charge in [0.25, 0.3) is 11.8 Å². The van der Waals surface area contributed by atoms with Gasteiger partial charge >= 0.3 is 0 Å². The lowest BCUT2D eigenvalue weighted by molar-refractivity contribution is -0.128. The first kappa shape index (κ1) is 16.5. The Kier molecular flexibility index (Phi) is 5.58. The molecule has 118 valence electrons. The second kappa shape index (κ2) is 7.43. The molecule has 0 saturated heterocycles. The number of nitrogens with zero attached hydrogens (tertiary/aromatic N) is 2. The van der Waals surface area contributed by atoms with Gasteiger partial charge in [-0.05, 0) is 12.3 Å².